The number of carbonyl (C=O) groups is 2. The Bertz CT molecular complexity index is 929. The first-order chi connectivity index (χ1) is 11.7. The van der Waals surface area contributed by atoms with Gasteiger partial charge in [-0.15, -0.1) is 0 Å². The minimum absolute atomic E-state index is 0.0423. The Morgan fingerprint density at radius 1 is 1.20 bits per heavy atom. The molecule has 1 amide bonds. The highest BCUT2D eigenvalue weighted by Gasteiger charge is 2.21. The van der Waals surface area contributed by atoms with Crippen molar-refractivity contribution in [1.29, 1.82) is 0 Å². The van der Waals surface area contributed by atoms with Crippen LogP contribution in [0.3, 0.4) is 0 Å². The number of amides is 1. The SMILES string of the molecule is NC(=O)COc1ccc(Cl)cc1S(=O)(=O)Nc1cccc(C(=O)O)c1. The number of carbonyl (C=O) groups excluding carboxylic acids is 1. The molecule has 0 saturated carbocycles. The number of carboxylic acids is 1. The maximum atomic E-state index is 12.6. The minimum atomic E-state index is -4.16. The van der Waals surface area contributed by atoms with Crippen LogP contribution in [-0.4, -0.2) is 32.0 Å². The molecular formula is C15H13ClN2O6S. The van der Waals surface area contributed by atoms with Crippen LogP contribution in [0.25, 0.3) is 0 Å². The molecule has 2 aromatic carbocycles. The van der Waals surface area contributed by atoms with Crippen molar-refractivity contribution in [3.63, 3.8) is 0 Å². The number of primary amides is 1. The number of rotatable bonds is 7. The summed E-state index contributed by atoms with van der Waals surface area (Å²) in [5.41, 5.74) is 4.94. The maximum absolute atomic E-state index is 12.6. The average Bonchev–Trinajstić information content (AvgIpc) is 2.53. The van der Waals surface area contributed by atoms with E-state index in [2.05, 4.69) is 4.72 Å². The van der Waals surface area contributed by atoms with Crippen LogP contribution in [0, 0.1) is 0 Å². The lowest BCUT2D eigenvalue weighted by atomic mass is 10.2. The van der Waals surface area contributed by atoms with Crippen LogP contribution in [0.2, 0.25) is 5.02 Å². The van der Waals surface area contributed by atoms with Gasteiger partial charge in [-0.25, -0.2) is 13.2 Å². The van der Waals surface area contributed by atoms with Crippen molar-refractivity contribution in [2.24, 2.45) is 5.73 Å². The standard InChI is InChI=1S/C15H13ClN2O6S/c16-10-4-5-12(24-8-14(17)19)13(7-10)25(22,23)18-11-3-1-2-9(6-11)15(20)21/h1-7,18H,8H2,(H2,17,19)(H,20,21). The number of sulfonamides is 1. The third kappa shape index (κ3) is 4.85. The van der Waals surface area contributed by atoms with E-state index >= 15 is 0 Å². The smallest absolute Gasteiger partial charge is 0.335 e. The monoisotopic (exact) mass is 384 g/mol. The molecule has 0 bridgehead atoms. The fraction of sp³-hybridized carbons (Fsp3) is 0.0667. The van der Waals surface area contributed by atoms with Crippen LogP contribution in [0.5, 0.6) is 5.75 Å². The lowest BCUT2D eigenvalue weighted by Gasteiger charge is -2.13. The van der Waals surface area contributed by atoms with Gasteiger partial charge in [0.2, 0.25) is 0 Å². The van der Waals surface area contributed by atoms with E-state index in [1.807, 2.05) is 0 Å². The summed E-state index contributed by atoms with van der Waals surface area (Å²) >= 11 is 5.84. The molecular weight excluding hydrogens is 372 g/mol. The van der Waals surface area contributed by atoms with Gasteiger partial charge in [-0.3, -0.25) is 9.52 Å². The Morgan fingerprint density at radius 3 is 2.56 bits per heavy atom. The van der Waals surface area contributed by atoms with Crippen molar-refractivity contribution in [1.82, 2.24) is 0 Å². The Kier molecular flexibility index (Phi) is 5.50. The first kappa shape index (κ1) is 18.6. The molecule has 0 aliphatic heterocycles. The number of anilines is 1. The molecule has 132 valence electrons. The summed E-state index contributed by atoms with van der Waals surface area (Å²) in [5, 5.41) is 9.10. The van der Waals surface area contributed by atoms with Crippen molar-refractivity contribution >= 4 is 39.2 Å². The second kappa shape index (κ2) is 7.41. The van der Waals surface area contributed by atoms with Gasteiger partial charge in [0, 0.05) is 10.7 Å². The Morgan fingerprint density at radius 2 is 1.92 bits per heavy atom. The molecule has 0 aliphatic carbocycles. The molecule has 25 heavy (non-hydrogen) atoms. The molecule has 0 unspecified atom stereocenters. The van der Waals surface area contributed by atoms with Crippen LogP contribution in [-0.2, 0) is 14.8 Å². The van der Waals surface area contributed by atoms with Crippen molar-refractivity contribution in [2.75, 3.05) is 11.3 Å². The number of aromatic carboxylic acids is 1. The molecule has 0 aliphatic rings. The van der Waals surface area contributed by atoms with Gasteiger partial charge in [-0.2, -0.15) is 0 Å². The zero-order valence-electron chi connectivity index (χ0n) is 12.6. The van der Waals surface area contributed by atoms with Crippen LogP contribution in [0.1, 0.15) is 10.4 Å². The van der Waals surface area contributed by atoms with Gasteiger partial charge in [0.1, 0.15) is 10.6 Å². The maximum Gasteiger partial charge on any atom is 0.335 e. The number of nitrogens with one attached hydrogen (secondary N) is 1. The quantitative estimate of drug-likeness (QED) is 0.664. The highest BCUT2D eigenvalue weighted by atomic mass is 35.5. The van der Waals surface area contributed by atoms with E-state index in [0.717, 1.165) is 12.1 Å². The first-order valence-corrected chi connectivity index (χ1v) is 8.62. The van der Waals surface area contributed by atoms with Gasteiger partial charge in [0.15, 0.2) is 6.61 Å². The molecule has 2 aromatic rings. The number of benzene rings is 2. The van der Waals surface area contributed by atoms with Crippen molar-refractivity contribution in [3.8, 4) is 5.75 Å². The van der Waals surface area contributed by atoms with Crippen LogP contribution < -0.4 is 15.2 Å². The third-order valence-corrected chi connectivity index (χ3v) is 4.56. The topological polar surface area (TPSA) is 136 Å². The second-order valence-corrected chi connectivity index (χ2v) is 6.92. The van der Waals surface area contributed by atoms with E-state index in [4.69, 9.17) is 27.2 Å². The Labute approximate surface area is 148 Å². The summed E-state index contributed by atoms with van der Waals surface area (Å²) in [5.74, 6) is -2.10. The van der Waals surface area contributed by atoms with Gasteiger partial charge >= 0.3 is 5.97 Å². The second-order valence-electron chi connectivity index (χ2n) is 4.84. The molecule has 0 spiro atoms. The normalized spacial score (nSPS) is 10.9. The van der Waals surface area contributed by atoms with E-state index in [1.165, 1.54) is 30.3 Å². The van der Waals surface area contributed by atoms with Crippen molar-refractivity contribution in [2.45, 2.75) is 4.90 Å². The van der Waals surface area contributed by atoms with Crippen LogP contribution in [0.4, 0.5) is 5.69 Å². The molecule has 8 nitrogen and oxygen atoms in total. The number of nitrogens with two attached hydrogens (primary N) is 1. The molecule has 2 rings (SSSR count). The first-order valence-electron chi connectivity index (χ1n) is 6.76. The van der Waals surface area contributed by atoms with Gasteiger partial charge in [-0.1, -0.05) is 17.7 Å². The Hall–Kier alpha value is -2.78. The summed E-state index contributed by atoms with van der Waals surface area (Å²) in [6.07, 6.45) is 0. The fourth-order valence-electron chi connectivity index (χ4n) is 1.89. The summed E-state index contributed by atoms with van der Waals surface area (Å²) in [4.78, 5) is 21.5. The van der Waals surface area contributed by atoms with E-state index in [-0.39, 0.29) is 26.9 Å². The fourth-order valence-corrected chi connectivity index (χ4v) is 3.34. The number of hydrogen-bond acceptors (Lipinski definition) is 5. The molecule has 0 atom stereocenters. The predicted molar refractivity (Wildman–Crippen MR) is 90.4 cm³/mol. The summed E-state index contributed by atoms with van der Waals surface area (Å²) in [7, 11) is -4.16. The summed E-state index contributed by atoms with van der Waals surface area (Å²) in [6.45, 7) is -0.515. The summed E-state index contributed by atoms with van der Waals surface area (Å²) < 4.78 is 32.5. The zero-order chi connectivity index (χ0) is 18.6. The van der Waals surface area contributed by atoms with E-state index < -0.39 is 28.5 Å². The zero-order valence-corrected chi connectivity index (χ0v) is 14.2. The number of carboxylic acid groups (broad SMARTS) is 1. The lowest BCUT2D eigenvalue weighted by molar-refractivity contribution is -0.120. The highest BCUT2D eigenvalue weighted by Crippen LogP contribution is 2.29. The van der Waals surface area contributed by atoms with Crippen LogP contribution >= 0.6 is 11.6 Å². The molecule has 0 fully saturated rings. The van der Waals surface area contributed by atoms with E-state index in [9.17, 15) is 18.0 Å². The average molecular weight is 385 g/mol. The van der Waals surface area contributed by atoms with E-state index in [0.29, 0.717) is 0 Å². The van der Waals surface area contributed by atoms with Gasteiger partial charge in [0.05, 0.1) is 5.56 Å². The molecule has 10 heteroatoms. The molecule has 0 radical (unpaired) electrons. The number of hydrogen-bond donors (Lipinski definition) is 3. The summed E-state index contributed by atoms with van der Waals surface area (Å²) in [6, 6.07) is 9.08. The van der Waals surface area contributed by atoms with Crippen LogP contribution in [0.15, 0.2) is 47.4 Å². The van der Waals surface area contributed by atoms with Gasteiger partial charge in [0.25, 0.3) is 15.9 Å². The van der Waals surface area contributed by atoms with E-state index in [1.54, 1.807) is 0 Å². The lowest BCUT2D eigenvalue weighted by Crippen LogP contribution is -2.21. The number of ether oxygens (including phenoxy) is 1. The largest absolute Gasteiger partial charge is 0.482 e. The highest BCUT2D eigenvalue weighted by molar-refractivity contribution is 7.92. The number of halogens is 1. The minimum Gasteiger partial charge on any atom is -0.482 e. The van der Waals surface area contributed by atoms with Crippen molar-refractivity contribution < 1.29 is 27.9 Å². The predicted octanol–water partition coefficient (Wildman–Crippen LogP) is 1.70. The molecule has 0 heterocycles. The van der Waals surface area contributed by atoms with Crippen molar-refractivity contribution in [3.05, 3.63) is 53.1 Å². The Balaban J connectivity index is 2.38. The third-order valence-electron chi connectivity index (χ3n) is 2.93. The molecule has 0 saturated heterocycles. The van der Waals surface area contributed by atoms with Gasteiger partial charge < -0.3 is 15.6 Å². The molecule has 4 N–H and O–H groups in total. The van der Waals surface area contributed by atoms with Gasteiger partial charge in [-0.05, 0) is 36.4 Å². The molecule has 0 aromatic heterocycles.